The van der Waals surface area contributed by atoms with Gasteiger partial charge in [-0.25, -0.2) is 4.68 Å². The summed E-state index contributed by atoms with van der Waals surface area (Å²) >= 11 is 1.62. The molecule has 30 heavy (non-hydrogen) atoms. The molecule has 2 amide bonds. The number of carbonyl (C=O) groups is 2. The van der Waals surface area contributed by atoms with Gasteiger partial charge in [-0.05, 0) is 58.6 Å². The molecule has 0 saturated carbocycles. The molecule has 1 aromatic carbocycles. The first-order chi connectivity index (χ1) is 14.3. The van der Waals surface area contributed by atoms with Crippen LogP contribution in [0.1, 0.15) is 61.8 Å². The van der Waals surface area contributed by atoms with E-state index >= 15 is 0 Å². The Balaban J connectivity index is 1.68. The molecule has 1 saturated heterocycles. The van der Waals surface area contributed by atoms with E-state index < -0.39 is 6.04 Å². The fourth-order valence-electron chi connectivity index (χ4n) is 4.18. The Kier molecular flexibility index (Phi) is 5.91. The summed E-state index contributed by atoms with van der Waals surface area (Å²) in [4.78, 5) is 28.1. The first-order valence-electron chi connectivity index (χ1n) is 10.7. The highest BCUT2D eigenvalue weighted by Gasteiger charge is 2.38. The van der Waals surface area contributed by atoms with Crippen LogP contribution in [0.4, 0.5) is 0 Å². The van der Waals surface area contributed by atoms with E-state index in [2.05, 4.69) is 5.32 Å². The first kappa shape index (κ1) is 21.0. The van der Waals surface area contributed by atoms with E-state index in [-0.39, 0.29) is 17.4 Å². The number of amides is 2. The zero-order valence-electron chi connectivity index (χ0n) is 18.0. The van der Waals surface area contributed by atoms with Crippen molar-refractivity contribution in [3.63, 3.8) is 0 Å². The minimum absolute atomic E-state index is 0.0885. The van der Waals surface area contributed by atoms with Gasteiger partial charge in [0, 0.05) is 22.5 Å². The molecule has 1 aliphatic heterocycles. The topological polar surface area (TPSA) is 67.2 Å². The third kappa shape index (κ3) is 4.26. The Bertz CT molecular complexity index is 933. The number of nitrogens with one attached hydrogen (secondary N) is 1. The molecule has 0 radical (unpaired) electrons. The quantitative estimate of drug-likeness (QED) is 0.762. The van der Waals surface area contributed by atoms with Crippen molar-refractivity contribution in [1.82, 2.24) is 20.0 Å². The number of nitrogens with zero attached hydrogens (tertiary/aromatic N) is 3. The largest absolute Gasteiger partial charge is 0.350 e. The SMILES string of the molecule is CC(C)(C)NC(=O)C1CSCN1C(=O)c1nn(-c2ccccc2)c2c1CCCCC2. The highest BCUT2D eigenvalue weighted by atomic mass is 32.2. The van der Waals surface area contributed by atoms with E-state index in [1.54, 1.807) is 16.7 Å². The van der Waals surface area contributed by atoms with Gasteiger partial charge < -0.3 is 10.2 Å². The van der Waals surface area contributed by atoms with Crippen molar-refractivity contribution in [2.45, 2.75) is 64.5 Å². The summed E-state index contributed by atoms with van der Waals surface area (Å²) in [7, 11) is 0. The van der Waals surface area contributed by atoms with Gasteiger partial charge in [0.15, 0.2) is 5.69 Å². The molecule has 2 aliphatic rings. The number of thioether (sulfide) groups is 1. The fourth-order valence-corrected chi connectivity index (χ4v) is 5.33. The molecule has 160 valence electrons. The standard InChI is InChI=1S/C23H30N4O2S/c1-23(2,3)24-21(28)19-14-30-15-26(19)22(29)20-17-12-8-5-9-13-18(17)27(25-20)16-10-6-4-7-11-16/h4,6-7,10-11,19H,5,8-9,12-15H2,1-3H3,(H,24,28). The minimum Gasteiger partial charge on any atom is -0.350 e. The molecule has 1 unspecified atom stereocenters. The summed E-state index contributed by atoms with van der Waals surface area (Å²) in [5.74, 6) is 0.930. The highest BCUT2D eigenvalue weighted by molar-refractivity contribution is 7.99. The van der Waals surface area contributed by atoms with Gasteiger partial charge in [-0.3, -0.25) is 9.59 Å². The summed E-state index contributed by atoms with van der Waals surface area (Å²) < 4.78 is 1.95. The first-order valence-corrected chi connectivity index (χ1v) is 11.9. The van der Waals surface area contributed by atoms with Crippen LogP contribution in [-0.4, -0.2) is 49.7 Å². The second-order valence-corrected chi connectivity index (χ2v) is 10.1. The lowest BCUT2D eigenvalue weighted by Gasteiger charge is -2.27. The maximum Gasteiger partial charge on any atom is 0.276 e. The van der Waals surface area contributed by atoms with Crippen LogP contribution in [0.3, 0.4) is 0 Å². The van der Waals surface area contributed by atoms with Crippen LogP contribution in [0.5, 0.6) is 0 Å². The van der Waals surface area contributed by atoms with Gasteiger partial charge in [0.2, 0.25) is 5.91 Å². The number of hydrogen-bond donors (Lipinski definition) is 1. The van der Waals surface area contributed by atoms with Crippen molar-refractivity contribution in [3.05, 3.63) is 47.3 Å². The molecule has 2 heterocycles. The van der Waals surface area contributed by atoms with E-state index in [0.29, 0.717) is 17.3 Å². The smallest absolute Gasteiger partial charge is 0.276 e. The number of fused-ring (bicyclic) bond motifs is 1. The maximum absolute atomic E-state index is 13.6. The predicted octanol–water partition coefficient (Wildman–Crippen LogP) is 3.57. The molecule has 0 bridgehead atoms. The minimum atomic E-state index is -0.454. The van der Waals surface area contributed by atoms with Gasteiger partial charge in [-0.2, -0.15) is 5.10 Å². The Hall–Kier alpha value is -2.28. The molecule has 1 fully saturated rings. The van der Waals surface area contributed by atoms with Crippen LogP contribution in [0, 0.1) is 0 Å². The molecule has 1 aromatic heterocycles. The maximum atomic E-state index is 13.6. The van der Waals surface area contributed by atoms with E-state index in [0.717, 1.165) is 49.0 Å². The number of rotatable bonds is 3. The summed E-state index contributed by atoms with van der Waals surface area (Å²) in [6, 6.07) is 9.56. The monoisotopic (exact) mass is 426 g/mol. The second kappa shape index (κ2) is 8.46. The van der Waals surface area contributed by atoms with Crippen molar-refractivity contribution in [2.24, 2.45) is 0 Å². The zero-order valence-corrected chi connectivity index (χ0v) is 18.8. The lowest BCUT2D eigenvalue weighted by molar-refractivity contribution is -0.125. The molecule has 1 N–H and O–H groups in total. The van der Waals surface area contributed by atoms with E-state index in [4.69, 9.17) is 5.10 Å². The molecule has 4 rings (SSSR count). The highest BCUT2D eigenvalue weighted by Crippen LogP contribution is 2.30. The van der Waals surface area contributed by atoms with Crippen LogP contribution in [0.15, 0.2) is 30.3 Å². The van der Waals surface area contributed by atoms with Crippen molar-refractivity contribution < 1.29 is 9.59 Å². The van der Waals surface area contributed by atoms with Gasteiger partial charge in [0.25, 0.3) is 5.91 Å². The predicted molar refractivity (Wildman–Crippen MR) is 120 cm³/mol. The molecule has 1 aliphatic carbocycles. The Morgan fingerprint density at radius 2 is 1.83 bits per heavy atom. The molecule has 0 spiro atoms. The van der Waals surface area contributed by atoms with Gasteiger partial charge in [0.05, 0.1) is 11.6 Å². The third-order valence-electron chi connectivity index (χ3n) is 5.58. The number of aromatic nitrogens is 2. The van der Waals surface area contributed by atoms with E-state index in [1.807, 2.05) is 55.8 Å². The van der Waals surface area contributed by atoms with Crippen molar-refractivity contribution in [3.8, 4) is 5.69 Å². The number of benzene rings is 1. The normalized spacial score (nSPS) is 19.3. The van der Waals surface area contributed by atoms with E-state index in [1.165, 1.54) is 0 Å². The number of para-hydroxylation sites is 1. The molecule has 7 heteroatoms. The number of hydrogen-bond acceptors (Lipinski definition) is 4. The lowest BCUT2D eigenvalue weighted by Crippen LogP contribution is -2.52. The third-order valence-corrected chi connectivity index (χ3v) is 6.59. The average Bonchev–Trinajstić information content (AvgIpc) is 3.26. The van der Waals surface area contributed by atoms with Crippen molar-refractivity contribution in [2.75, 3.05) is 11.6 Å². The Morgan fingerprint density at radius 3 is 2.57 bits per heavy atom. The molecular weight excluding hydrogens is 396 g/mol. The summed E-state index contributed by atoms with van der Waals surface area (Å²) in [5, 5.41) is 7.83. The average molecular weight is 427 g/mol. The van der Waals surface area contributed by atoms with Crippen LogP contribution in [0.2, 0.25) is 0 Å². The van der Waals surface area contributed by atoms with Crippen LogP contribution >= 0.6 is 11.8 Å². The Labute approximate surface area is 182 Å². The summed E-state index contributed by atoms with van der Waals surface area (Å²) in [5.41, 5.74) is 3.38. The molecular formula is C23H30N4O2S. The molecule has 6 nitrogen and oxygen atoms in total. The fraction of sp³-hybridized carbons (Fsp3) is 0.522. The number of carbonyl (C=O) groups excluding carboxylic acids is 2. The molecule has 1 atom stereocenters. The van der Waals surface area contributed by atoms with Gasteiger partial charge >= 0.3 is 0 Å². The lowest BCUT2D eigenvalue weighted by atomic mass is 10.1. The summed E-state index contributed by atoms with van der Waals surface area (Å²) in [6.07, 6.45) is 5.12. The molecule has 2 aromatic rings. The summed E-state index contributed by atoms with van der Waals surface area (Å²) in [6.45, 7) is 5.88. The van der Waals surface area contributed by atoms with Crippen LogP contribution < -0.4 is 5.32 Å². The zero-order chi connectivity index (χ0) is 21.3. The second-order valence-electron chi connectivity index (χ2n) is 9.11. The van der Waals surface area contributed by atoms with Gasteiger partial charge in [-0.15, -0.1) is 11.8 Å². The van der Waals surface area contributed by atoms with Gasteiger partial charge in [-0.1, -0.05) is 24.6 Å². The van der Waals surface area contributed by atoms with Crippen molar-refractivity contribution in [1.29, 1.82) is 0 Å². The van der Waals surface area contributed by atoms with Gasteiger partial charge in [0.1, 0.15) is 6.04 Å². The van der Waals surface area contributed by atoms with Crippen molar-refractivity contribution >= 4 is 23.6 Å². The van der Waals surface area contributed by atoms with Crippen LogP contribution in [0.25, 0.3) is 5.69 Å². The van der Waals surface area contributed by atoms with E-state index in [9.17, 15) is 9.59 Å². The van der Waals surface area contributed by atoms with Crippen LogP contribution in [-0.2, 0) is 17.6 Å². The Morgan fingerprint density at radius 1 is 1.10 bits per heavy atom.